The van der Waals surface area contributed by atoms with Crippen LogP contribution in [0.4, 0.5) is 21.2 Å². The van der Waals surface area contributed by atoms with Gasteiger partial charge in [-0.05, 0) is 55.3 Å². The monoisotopic (exact) mass is 712 g/mol. The fourth-order valence-electron chi connectivity index (χ4n) is 8.40. The zero-order chi connectivity index (χ0) is 36.1. The molecule has 51 heavy (non-hydrogen) atoms. The van der Waals surface area contributed by atoms with Crippen LogP contribution in [0.15, 0.2) is 79.0 Å². The third kappa shape index (κ3) is 6.14. The summed E-state index contributed by atoms with van der Waals surface area (Å²) in [5.74, 6) is -1.34. The van der Waals surface area contributed by atoms with E-state index in [2.05, 4.69) is 10.3 Å². The number of benzene rings is 3. The zero-order valence-electron chi connectivity index (χ0n) is 28.8. The molecule has 0 saturated carbocycles. The van der Waals surface area contributed by atoms with Crippen molar-refractivity contribution in [2.75, 3.05) is 23.0 Å². The minimum absolute atomic E-state index is 0.0517. The van der Waals surface area contributed by atoms with E-state index in [1.54, 1.807) is 39.8 Å². The van der Waals surface area contributed by atoms with Crippen LogP contribution >= 0.6 is 0 Å². The first kappa shape index (κ1) is 34.6. The Morgan fingerprint density at radius 3 is 2.59 bits per heavy atom. The summed E-state index contributed by atoms with van der Waals surface area (Å²) >= 11 is 0. The molecule has 5 atom stereocenters. The van der Waals surface area contributed by atoms with Crippen molar-refractivity contribution in [2.45, 2.75) is 75.5 Å². The highest BCUT2D eigenvalue weighted by Gasteiger charge is 2.67. The van der Waals surface area contributed by atoms with E-state index < -0.39 is 42.4 Å². The first-order chi connectivity index (χ1) is 24.4. The maximum Gasteiger partial charge on any atom is 0.269 e. The normalized spacial score (nSPS) is 23.7. The summed E-state index contributed by atoms with van der Waals surface area (Å²) in [5.41, 5.74) is 1.43. The van der Waals surface area contributed by atoms with Gasteiger partial charge in [0.1, 0.15) is 0 Å². The molecule has 12 nitrogen and oxygen atoms in total. The first-order valence-corrected chi connectivity index (χ1v) is 20.3. The lowest BCUT2D eigenvalue weighted by atomic mass is 9.82. The van der Waals surface area contributed by atoms with Crippen LogP contribution in [0.5, 0.6) is 0 Å². The van der Waals surface area contributed by atoms with Crippen LogP contribution in [0.3, 0.4) is 0 Å². The molecule has 2 saturated heterocycles. The summed E-state index contributed by atoms with van der Waals surface area (Å²) in [7, 11) is -3.50. The molecule has 266 valence electrons. The quantitative estimate of drug-likeness (QED) is 0.0883. The number of aryl methyl sites for hydroxylation is 1. The van der Waals surface area contributed by atoms with Crippen molar-refractivity contribution in [3.8, 4) is 0 Å². The Kier molecular flexibility index (Phi) is 9.10. The Hall–Kier alpha value is -4.79. The average Bonchev–Trinajstić information content (AvgIpc) is 3.87. The number of aliphatic hydroxyl groups excluding tert-OH is 1. The molecule has 0 bridgehead atoms. The SMILES string of the molecule is C[C@@H]1[C@@H]([Si](C)(C)F)[C@H](CCn2cc(C(CO)c3ccccc3)nn2)O[C@@]12C(=O)N(Cc1cccc(N3CCCC3=O)c1)c1ccc([N+](=O)[O-])cc12. The molecule has 4 aromatic rings. The highest BCUT2D eigenvalue weighted by molar-refractivity contribution is 6.72. The molecule has 1 unspecified atom stereocenters. The maximum atomic E-state index is 16.4. The minimum atomic E-state index is -3.50. The van der Waals surface area contributed by atoms with Crippen molar-refractivity contribution in [1.29, 1.82) is 0 Å². The number of carbonyl (C=O) groups excluding carboxylic acids is 2. The number of hydrogen-bond acceptors (Lipinski definition) is 8. The molecule has 3 aliphatic heterocycles. The van der Waals surface area contributed by atoms with Crippen LogP contribution in [0.2, 0.25) is 18.6 Å². The molecule has 0 aliphatic carbocycles. The van der Waals surface area contributed by atoms with Gasteiger partial charge < -0.3 is 23.8 Å². The number of ether oxygens (including phenoxy) is 1. The summed E-state index contributed by atoms with van der Waals surface area (Å²) in [6.45, 7) is 5.97. The van der Waals surface area contributed by atoms with Gasteiger partial charge >= 0.3 is 0 Å². The van der Waals surface area contributed by atoms with Crippen LogP contribution in [-0.2, 0) is 33.0 Å². The molecular weight excluding hydrogens is 672 g/mol. The summed E-state index contributed by atoms with van der Waals surface area (Å²) in [6, 6.07) is 21.4. The van der Waals surface area contributed by atoms with Gasteiger partial charge in [-0.1, -0.05) is 54.6 Å². The molecule has 1 aromatic heterocycles. The second-order valence-corrected chi connectivity index (χ2v) is 18.1. The number of carbonyl (C=O) groups is 2. The van der Waals surface area contributed by atoms with Crippen molar-refractivity contribution >= 4 is 37.3 Å². The Morgan fingerprint density at radius 2 is 1.90 bits per heavy atom. The van der Waals surface area contributed by atoms with E-state index in [4.69, 9.17) is 4.74 Å². The predicted octanol–water partition coefficient (Wildman–Crippen LogP) is 5.85. The number of nitrogens with zero attached hydrogens (tertiary/aromatic N) is 6. The number of aliphatic hydroxyl groups is 1. The highest BCUT2D eigenvalue weighted by atomic mass is 28.4. The highest BCUT2D eigenvalue weighted by Crippen LogP contribution is 2.60. The Labute approximate surface area is 296 Å². The Morgan fingerprint density at radius 1 is 1.12 bits per heavy atom. The lowest BCUT2D eigenvalue weighted by Crippen LogP contribution is -2.45. The van der Waals surface area contributed by atoms with Gasteiger partial charge in [-0.3, -0.25) is 24.4 Å². The number of fused-ring (bicyclic) bond motifs is 2. The van der Waals surface area contributed by atoms with Gasteiger partial charge in [-0.15, -0.1) is 5.10 Å². The molecule has 1 spiro atoms. The summed E-state index contributed by atoms with van der Waals surface area (Å²) < 4.78 is 24.9. The van der Waals surface area contributed by atoms with Crippen LogP contribution in [-0.4, -0.2) is 64.5 Å². The number of halogens is 1. The fourth-order valence-corrected chi connectivity index (χ4v) is 10.9. The fraction of sp³-hybridized carbons (Fsp3) is 0.405. The third-order valence-electron chi connectivity index (χ3n) is 10.7. The summed E-state index contributed by atoms with van der Waals surface area (Å²) in [6.07, 6.45) is 2.66. The molecule has 14 heteroatoms. The van der Waals surface area contributed by atoms with E-state index in [9.17, 15) is 24.8 Å². The van der Waals surface area contributed by atoms with Crippen molar-refractivity contribution in [3.05, 3.63) is 111 Å². The molecule has 0 radical (unpaired) electrons. The van der Waals surface area contributed by atoms with Gasteiger partial charge in [0.05, 0.1) is 41.5 Å². The second kappa shape index (κ2) is 13.4. The van der Waals surface area contributed by atoms with Gasteiger partial charge in [-0.2, -0.15) is 0 Å². The van der Waals surface area contributed by atoms with Gasteiger partial charge in [-0.25, -0.2) is 0 Å². The number of amides is 2. The molecule has 3 aliphatic rings. The van der Waals surface area contributed by atoms with Crippen molar-refractivity contribution in [2.24, 2.45) is 5.92 Å². The smallest absolute Gasteiger partial charge is 0.269 e. The number of aromatic nitrogens is 3. The molecule has 4 heterocycles. The number of rotatable bonds is 11. The van der Waals surface area contributed by atoms with E-state index in [0.717, 1.165) is 23.2 Å². The van der Waals surface area contributed by atoms with Gasteiger partial charge in [0.2, 0.25) is 14.3 Å². The van der Waals surface area contributed by atoms with Gasteiger partial charge in [0, 0.05) is 60.5 Å². The van der Waals surface area contributed by atoms with Crippen molar-refractivity contribution in [3.63, 3.8) is 0 Å². The van der Waals surface area contributed by atoms with Crippen LogP contribution < -0.4 is 9.80 Å². The lowest BCUT2D eigenvalue weighted by molar-refractivity contribution is -0.385. The molecule has 7 rings (SSSR count). The topological polar surface area (TPSA) is 144 Å². The lowest BCUT2D eigenvalue weighted by Gasteiger charge is -2.31. The summed E-state index contributed by atoms with van der Waals surface area (Å²) in [4.78, 5) is 42.1. The van der Waals surface area contributed by atoms with Gasteiger partial charge in [0.15, 0.2) is 5.60 Å². The number of anilines is 2. The van der Waals surface area contributed by atoms with E-state index in [0.29, 0.717) is 42.9 Å². The van der Waals surface area contributed by atoms with Crippen LogP contribution in [0.1, 0.15) is 54.5 Å². The van der Waals surface area contributed by atoms with Crippen molar-refractivity contribution < 1.29 is 28.5 Å². The second-order valence-electron chi connectivity index (χ2n) is 14.3. The third-order valence-corrected chi connectivity index (χ3v) is 13.2. The number of nitro groups is 1. The van der Waals surface area contributed by atoms with E-state index in [1.165, 1.54) is 12.1 Å². The summed E-state index contributed by atoms with van der Waals surface area (Å²) in [5, 5.41) is 30.7. The number of non-ortho nitro benzene ring substituents is 1. The number of hydrogen-bond donors (Lipinski definition) is 1. The zero-order valence-corrected chi connectivity index (χ0v) is 29.8. The van der Waals surface area contributed by atoms with Gasteiger partial charge in [0.25, 0.3) is 11.6 Å². The minimum Gasteiger partial charge on any atom is -0.395 e. The maximum absolute atomic E-state index is 16.4. The average molecular weight is 713 g/mol. The molecular formula is C37H41FN6O6Si. The Bertz CT molecular complexity index is 1970. The van der Waals surface area contributed by atoms with E-state index in [1.807, 2.05) is 61.5 Å². The molecule has 3 aromatic carbocycles. The predicted molar refractivity (Wildman–Crippen MR) is 190 cm³/mol. The first-order valence-electron chi connectivity index (χ1n) is 17.3. The molecule has 1 N–H and O–H groups in total. The van der Waals surface area contributed by atoms with Crippen molar-refractivity contribution in [1.82, 2.24) is 15.0 Å². The Balaban J connectivity index is 1.20. The van der Waals surface area contributed by atoms with Crippen LogP contribution in [0, 0.1) is 16.0 Å². The molecule has 2 amide bonds. The van der Waals surface area contributed by atoms with E-state index >= 15 is 4.11 Å². The number of nitro benzene ring substituents is 1. The molecule has 2 fully saturated rings. The van der Waals surface area contributed by atoms with Crippen LogP contribution in [0.25, 0.3) is 0 Å². The largest absolute Gasteiger partial charge is 0.395 e. The standard InChI is InChI=1S/C37H41FN6O6Si/c1-24-35(51(2,3)38)33(16-18-41-22-31(39-40-41)29(23-45)26-10-5-4-6-11-26)50-37(24)30-20-28(44(48)49)14-15-32(30)43(36(37)47)21-25-9-7-12-27(19-25)42-17-8-13-34(42)46/h4-7,9-12,14-15,19-20,22,24,29,33,35,45H,8,13,16-18,21,23H2,1-3H3/t24-,29?,33+,35-,37+/m1/s1. The van der Waals surface area contributed by atoms with E-state index in [-0.39, 0.29) is 30.7 Å².